The number of piperidine rings is 1. The maximum atomic E-state index is 13.4. The van der Waals surface area contributed by atoms with E-state index in [4.69, 9.17) is 0 Å². The van der Waals surface area contributed by atoms with E-state index >= 15 is 0 Å². The summed E-state index contributed by atoms with van der Waals surface area (Å²) in [7, 11) is 0. The first kappa shape index (κ1) is 19.1. The molecular formula is C23H27FN2O2. The summed E-state index contributed by atoms with van der Waals surface area (Å²) in [6.07, 6.45) is 2.09. The molecular weight excluding hydrogens is 355 g/mol. The number of hydrogen-bond donors (Lipinski definition) is 2. The molecule has 28 heavy (non-hydrogen) atoms. The number of halogens is 1. The van der Waals surface area contributed by atoms with Crippen molar-refractivity contribution in [2.75, 3.05) is 13.1 Å². The molecule has 0 bridgehead atoms. The third kappa shape index (κ3) is 2.93. The van der Waals surface area contributed by atoms with E-state index in [9.17, 15) is 14.0 Å². The molecule has 1 aromatic rings. The SMILES string of the molecule is CC1=C(c2ccc(F)cc2)C(C)=C(C2C(=O)NC3(CCNCC3)C2=O)C(C)C1. The Balaban J connectivity index is 1.78. The fourth-order valence-corrected chi connectivity index (χ4v) is 5.36. The third-order valence-corrected chi connectivity index (χ3v) is 6.64. The van der Waals surface area contributed by atoms with E-state index in [-0.39, 0.29) is 23.4 Å². The summed E-state index contributed by atoms with van der Waals surface area (Å²) in [5, 5.41) is 6.32. The fourth-order valence-electron chi connectivity index (χ4n) is 5.36. The number of nitrogens with one attached hydrogen (secondary N) is 2. The van der Waals surface area contributed by atoms with Gasteiger partial charge >= 0.3 is 0 Å². The summed E-state index contributed by atoms with van der Waals surface area (Å²) in [6, 6.07) is 6.46. The second-order valence-electron chi connectivity index (χ2n) is 8.47. The van der Waals surface area contributed by atoms with Crippen molar-refractivity contribution in [3.63, 3.8) is 0 Å². The lowest BCUT2D eigenvalue weighted by atomic mass is 9.71. The first-order valence-electron chi connectivity index (χ1n) is 10.1. The first-order valence-corrected chi connectivity index (χ1v) is 10.1. The Morgan fingerprint density at radius 3 is 2.36 bits per heavy atom. The molecule has 2 fully saturated rings. The molecule has 4 rings (SSSR count). The van der Waals surface area contributed by atoms with Crippen LogP contribution < -0.4 is 10.6 Å². The smallest absolute Gasteiger partial charge is 0.235 e. The highest BCUT2D eigenvalue weighted by Gasteiger charge is 2.54. The molecule has 2 N–H and O–H groups in total. The van der Waals surface area contributed by atoms with Gasteiger partial charge in [-0.05, 0) is 86.5 Å². The van der Waals surface area contributed by atoms with E-state index in [1.165, 1.54) is 17.7 Å². The predicted octanol–water partition coefficient (Wildman–Crippen LogP) is 3.39. The zero-order chi connectivity index (χ0) is 20.1. The van der Waals surface area contributed by atoms with Crippen LogP contribution in [0.1, 0.15) is 45.6 Å². The predicted molar refractivity (Wildman–Crippen MR) is 107 cm³/mol. The molecule has 0 radical (unpaired) electrons. The molecule has 2 aliphatic heterocycles. The number of benzene rings is 1. The zero-order valence-electron chi connectivity index (χ0n) is 16.7. The molecule has 3 aliphatic rings. The minimum absolute atomic E-state index is 0.0261. The zero-order valence-corrected chi connectivity index (χ0v) is 16.7. The minimum Gasteiger partial charge on any atom is -0.343 e. The van der Waals surface area contributed by atoms with Crippen molar-refractivity contribution in [2.45, 2.75) is 45.6 Å². The topological polar surface area (TPSA) is 58.2 Å². The number of carbonyl (C=O) groups is 2. The lowest BCUT2D eigenvalue weighted by molar-refractivity contribution is -0.127. The molecule has 2 unspecified atom stereocenters. The molecule has 1 spiro atoms. The van der Waals surface area contributed by atoms with Crippen molar-refractivity contribution in [1.29, 1.82) is 0 Å². The van der Waals surface area contributed by atoms with Crippen LogP contribution in [0.15, 0.2) is 41.0 Å². The maximum absolute atomic E-state index is 13.4. The Hall–Kier alpha value is -2.27. The Kier molecular flexibility index (Phi) is 4.74. The molecule has 2 heterocycles. The van der Waals surface area contributed by atoms with Crippen LogP contribution in [0.5, 0.6) is 0 Å². The van der Waals surface area contributed by atoms with Gasteiger partial charge in [-0.25, -0.2) is 4.39 Å². The van der Waals surface area contributed by atoms with Crippen molar-refractivity contribution in [3.8, 4) is 0 Å². The number of ketones is 1. The summed E-state index contributed by atoms with van der Waals surface area (Å²) < 4.78 is 13.4. The quantitative estimate of drug-likeness (QED) is 0.771. The largest absolute Gasteiger partial charge is 0.343 e. The molecule has 1 aliphatic carbocycles. The Bertz CT molecular complexity index is 892. The average Bonchev–Trinajstić information content (AvgIpc) is 2.88. The van der Waals surface area contributed by atoms with E-state index in [0.29, 0.717) is 12.8 Å². The van der Waals surface area contributed by atoms with Gasteiger partial charge < -0.3 is 10.6 Å². The number of carbonyl (C=O) groups excluding carboxylic acids is 2. The molecule has 0 saturated carbocycles. The van der Waals surface area contributed by atoms with Crippen LogP contribution >= 0.6 is 0 Å². The Morgan fingerprint density at radius 2 is 1.71 bits per heavy atom. The van der Waals surface area contributed by atoms with Gasteiger partial charge in [0.15, 0.2) is 5.78 Å². The van der Waals surface area contributed by atoms with E-state index < -0.39 is 11.5 Å². The highest BCUT2D eigenvalue weighted by atomic mass is 19.1. The second-order valence-corrected chi connectivity index (χ2v) is 8.47. The summed E-state index contributed by atoms with van der Waals surface area (Å²) in [5.41, 5.74) is 4.39. The van der Waals surface area contributed by atoms with Crippen LogP contribution in [-0.4, -0.2) is 30.3 Å². The van der Waals surface area contributed by atoms with E-state index in [1.807, 2.05) is 6.92 Å². The van der Waals surface area contributed by atoms with Gasteiger partial charge in [0.05, 0.1) is 0 Å². The molecule has 1 amide bonds. The molecule has 4 nitrogen and oxygen atoms in total. The van der Waals surface area contributed by atoms with E-state index in [0.717, 1.165) is 41.8 Å². The lowest BCUT2D eigenvalue weighted by Crippen LogP contribution is -2.53. The van der Waals surface area contributed by atoms with E-state index in [1.54, 1.807) is 12.1 Å². The lowest BCUT2D eigenvalue weighted by Gasteiger charge is -2.33. The van der Waals surface area contributed by atoms with Crippen LogP contribution in [-0.2, 0) is 9.59 Å². The van der Waals surface area contributed by atoms with Crippen molar-refractivity contribution in [3.05, 3.63) is 52.4 Å². The second kappa shape index (κ2) is 6.96. The van der Waals surface area contributed by atoms with Crippen LogP contribution in [0.3, 0.4) is 0 Å². The normalized spacial score (nSPS) is 27.6. The van der Waals surface area contributed by atoms with Gasteiger partial charge in [0.25, 0.3) is 0 Å². The summed E-state index contributed by atoms with van der Waals surface area (Å²) in [6.45, 7) is 7.66. The minimum atomic E-state index is -0.716. The summed E-state index contributed by atoms with van der Waals surface area (Å²) in [4.78, 5) is 26.4. The van der Waals surface area contributed by atoms with Gasteiger partial charge in [-0.2, -0.15) is 0 Å². The number of hydrogen-bond acceptors (Lipinski definition) is 3. The maximum Gasteiger partial charge on any atom is 0.235 e. The van der Waals surface area contributed by atoms with Gasteiger partial charge in [0.2, 0.25) is 5.91 Å². The molecule has 2 saturated heterocycles. The molecule has 0 aromatic heterocycles. The Morgan fingerprint density at radius 1 is 1.07 bits per heavy atom. The number of rotatable bonds is 2. The first-order chi connectivity index (χ1) is 13.3. The van der Waals surface area contributed by atoms with Crippen LogP contribution in [0.2, 0.25) is 0 Å². The molecule has 2 atom stereocenters. The van der Waals surface area contributed by atoms with Crippen molar-refractivity contribution in [2.24, 2.45) is 11.8 Å². The summed E-state index contributed by atoms with van der Waals surface area (Å²) >= 11 is 0. The van der Waals surface area contributed by atoms with Crippen LogP contribution in [0, 0.1) is 17.7 Å². The summed E-state index contributed by atoms with van der Waals surface area (Å²) in [5.74, 6) is -0.993. The van der Waals surface area contributed by atoms with E-state index in [2.05, 4.69) is 24.5 Å². The highest BCUT2D eigenvalue weighted by molar-refractivity contribution is 6.15. The highest BCUT2D eigenvalue weighted by Crippen LogP contribution is 2.45. The average molecular weight is 382 g/mol. The molecule has 148 valence electrons. The van der Waals surface area contributed by atoms with Crippen molar-refractivity contribution >= 4 is 17.3 Å². The van der Waals surface area contributed by atoms with Crippen molar-refractivity contribution < 1.29 is 14.0 Å². The van der Waals surface area contributed by atoms with Gasteiger partial charge in [0.1, 0.15) is 17.3 Å². The molecule has 5 heteroatoms. The van der Waals surface area contributed by atoms with Gasteiger partial charge in [-0.15, -0.1) is 0 Å². The standard InChI is InChI=1S/C23H27FN2O2/c1-13-12-14(2)19(15(3)18(13)16-4-6-17(24)7-5-16)20-21(27)23(26-22(20)28)8-10-25-11-9-23/h4-7,14,20,25H,8-12H2,1-3H3,(H,26,28). The van der Waals surface area contributed by atoms with Gasteiger partial charge in [-0.3, -0.25) is 9.59 Å². The van der Waals surface area contributed by atoms with Crippen LogP contribution in [0.25, 0.3) is 5.57 Å². The number of amides is 1. The number of Topliss-reactive ketones (excluding diaryl/α,β-unsaturated/α-hetero) is 1. The van der Waals surface area contributed by atoms with Gasteiger partial charge in [-0.1, -0.05) is 24.6 Å². The molecule has 1 aromatic carbocycles. The fraction of sp³-hybridized carbons (Fsp3) is 0.478. The van der Waals surface area contributed by atoms with Crippen LogP contribution in [0.4, 0.5) is 4.39 Å². The monoisotopic (exact) mass is 382 g/mol. The third-order valence-electron chi connectivity index (χ3n) is 6.64. The van der Waals surface area contributed by atoms with Crippen molar-refractivity contribution in [1.82, 2.24) is 10.6 Å². The Labute approximate surface area is 165 Å². The number of allylic oxidation sites excluding steroid dienone is 3. The van der Waals surface area contributed by atoms with Gasteiger partial charge in [0, 0.05) is 0 Å².